The molecule has 0 spiro atoms. The highest BCUT2D eigenvalue weighted by atomic mass is 19.1. The molecule has 0 saturated carbocycles. The van der Waals surface area contributed by atoms with E-state index in [0.717, 1.165) is 5.56 Å². The van der Waals surface area contributed by atoms with E-state index in [9.17, 15) is 9.18 Å². The van der Waals surface area contributed by atoms with Gasteiger partial charge in [0.25, 0.3) is 0 Å². The second kappa shape index (κ2) is 7.41. The maximum Gasteiger partial charge on any atom is 0.225 e. The summed E-state index contributed by atoms with van der Waals surface area (Å²) >= 11 is 0. The first-order valence-corrected chi connectivity index (χ1v) is 7.42. The summed E-state index contributed by atoms with van der Waals surface area (Å²) in [6.45, 7) is 0. The van der Waals surface area contributed by atoms with Crippen LogP contribution in [-0.2, 0) is 11.2 Å². The van der Waals surface area contributed by atoms with Crippen molar-refractivity contribution in [3.05, 3.63) is 72.2 Å². The van der Waals surface area contributed by atoms with Crippen molar-refractivity contribution in [3.63, 3.8) is 0 Å². The minimum absolute atomic E-state index is 0.145. The molecule has 1 N–H and O–H groups in total. The Morgan fingerprint density at radius 3 is 2.71 bits per heavy atom. The molecule has 5 nitrogen and oxygen atoms in total. The third-order valence-corrected chi connectivity index (χ3v) is 3.29. The van der Waals surface area contributed by atoms with E-state index >= 15 is 0 Å². The van der Waals surface area contributed by atoms with Gasteiger partial charge in [-0.25, -0.2) is 4.39 Å². The Labute approximate surface area is 138 Å². The Bertz CT molecular complexity index is 801. The molecule has 1 heterocycles. The molecule has 0 unspecified atom stereocenters. The number of hydrogen-bond acceptors (Lipinski definition) is 4. The van der Waals surface area contributed by atoms with Gasteiger partial charge in [0.2, 0.25) is 5.91 Å². The van der Waals surface area contributed by atoms with Crippen LogP contribution >= 0.6 is 0 Å². The summed E-state index contributed by atoms with van der Waals surface area (Å²) in [5.74, 6) is 1.13. The van der Waals surface area contributed by atoms with Gasteiger partial charge in [0, 0.05) is 12.5 Å². The predicted molar refractivity (Wildman–Crippen MR) is 86.4 cm³/mol. The zero-order chi connectivity index (χ0) is 16.8. The van der Waals surface area contributed by atoms with Gasteiger partial charge in [0.05, 0.1) is 0 Å². The van der Waals surface area contributed by atoms with E-state index in [1.807, 2.05) is 24.3 Å². The minimum Gasteiger partial charge on any atom is -0.457 e. The summed E-state index contributed by atoms with van der Waals surface area (Å²) in [5, 5.41) is 6.27. The molecule has 6 heteroatoms. The molecule has 0 saturated heterocycles. The summed E-state index contributed by atoms with van der Waals surface area (Å²) in [4.78, 5) is 11.8. The summed E-state index contributed by atoms with van der Waals surface area (Å²) in [6, 6.07) is 14.8. The zero-order valence-electron chi connectivity index (χ0n) is 12.7. The van der Waals surface area contributed by atoms with Crippen molar-refractivity contribution in [3.8, 4) is 11.5 Å². The van der Waals surface area contributed by atoms with Crippen molar-refractivity contribution in [2.75, 3.05) is 5.32 Å². The van der Waals surface area contributed by atoms with Gasteiger partial charge >= 0.3 is 0 Å². The van der Waals surface area contributed by atoms with Gasteiger partial charge in [-0.2, -0.15) is 0 Å². The Morgan fingerprint density at radius 2 is 1.96 bits per heavy atom. The van der Waals surface area contributed by atoms with E-state index in [0.29, 0.717) is 30.2 Å². The van der Waals surface area contributed by atoms with Crippen molar-refractivity contribution >= 4 is 11.7 Å². The normalized spacial score (nSPS) is 10.4. The van der Waals surface area contributed by atoms with Crippen LogP contribution in [0.4, 0.5) is 10.2 Å². The van der Waals surface area contributed by atoms with Crippen LogP contribution in [0.1, 0.15) is 12.0 Å². The summed E-state index contributed by atoms with van der Waals surface area (Å²) in [6.07, 6.45) is 2.27. The van der Waals surface area contributed by atoms with Crippen LogP contribution in [0, 0.1) is 5.82 Å². The van der Waals surface area contributed by atoms with Gasteiger partial charge in [-0.3, -0.25) is 4.79 Å². The fourth-order valence-corrected chi connectivity index (χ4v) is 2.14. The number of anilines is 1. The summed E-state index contributed by atoms with van der Waals surface area (Å²) in [7, 11) is 0. The van der Waals surface area contributed by atoms with Crippen LogP contribution in [-0.4, -0.2) is 11.1 Å². The molecule has 24 heavy (non-hydrogen) atoms. The molecule has 3 rings (SSSR count). The van der Waals surface area contributed by atoms with Gasteiger partial charge in [-0.05, 0) is 48.4 Å². The number of carbonyl (C=O) groups excluding carboxylic acids is 1. The number of nitrogens with zero attached hydrogens (tertiary/aromatic N) is 1. The SMILES string of the molecule is O=C(CCc1cccc(Oc2ccc(F)cc2)c1)Nc1ccon1. The number of rotatable bonds is 6. The maximum atomic E-state index is 12.9. The van der Waals surface area contributed by atoms with E-state index in [1.165, 1.54) is 18.4 Å². The quantitative estimate of drug-likeness (QED) is 0.738. The van der Waals surface area contributed by atoms with Gasteiger partial charge in [0.1, 0.15) is 23.6 Å². The van der Waals surface area contributed by atoms with Crippen LogP contribution in [0.5, 0.6) is 11.5 Å². The fraction of sp³-hybridized carbons (Fsp3) is 0.111. The Hall–Kier alpha value is -3.15. The monoisotopic (exact) mass is 326 g/mol. The Kier molecular flexibility index (Phi) is 4.86. The highest BCUT2D eigenvalue weighted by molar-refractivity contribution is 5.89. The lowest BCUT2D eigenvalue weighted by Gasteiger charge is -2.08. The van der Waals surface area contributed by atoms with E-state index in [-0.39, 0.29) is 11.7 Å². The molecule has 0 radical (unpaired) electrons. The molecule has 1 amide bonds. The molecule has 0 aliphatic rings. The van der Waals surface area contributed by atoms with E-state index in [4.69, 9.17) is 4.74 Å². The second-order valence-corrected chi connectivity index (χ2v) is 5.14. The lowest BCUT2D eigenvalue weighted by atomic mass is 10.1. The van der Waals surface area contributed by atoms with Crippen LogP contribution < -0.4 is 10.1 Å². The number of ether oxygens (including phenoxy) is 1. The number of hydrogen-bond donors (Lipinski definition) is 1. The van der Waals surface area contributed by atoms with E-state index in [2.05, 4.69) is 15.0 Å². The van der Waals surface area contributed by atoms with Gasteiger partial charge in [-0.1, -0.05) is 17.3 Å². The highest BCUT2D eigenvalue weighted by Crippen LogP contribution is 2.23. The highest BCUT2D eigenvalue weighted by Gasteiger charge is 2.06. The smallest absolute Gasteiger partial charge is 0.225 e. The minimum atomic E-state index is -0.311. The maximum absolute atomic E-state index is 12.9. The number of halogens is 1. The van der Waals surface area contributed by atoms with E-state index in [1.54, 1.807) is 18.2 Å². The molecule has 0 bridgehead atoms. The van der Waals surface area contributed by atoms with Gasteiger partial charge in [0.15, 0.2) is 5.82 Å². The third-order valence-electron chi connectivity index (χ3n) is 3.29. The van der Waals surface area contributed by atoms with Gasteiger partial charge < -0.3 is 14.6 Å². The number of benzene rings is 2. The average molecular weight is 326 g/mol. The van der Waals surface area contributed by atoms with Crippen molar-refractivity contribution in [1.29, 1.82) is 0 Å². The molecule has 2 aromatic carbocycles. The first kappa shape index (κ1) is 15.7. The Morgan fingerprint density at radius 1 is 1.12 bits per heavy atom. The summed E-state index contributed by atoms with van der Waals surface area (Å²) in [5.41, 5.74) is 0.963. The summed E-state index contributed by atoms with van der Waals surface area (Å²) < 4.78 is 23.2. The van der Waals surface area contributed by atoms with Crippen LogP contribution in [0.15, 0.2) is 65.4 Å². The number of nitrogens with one attached hydrogen (secondary N) is 1. The third kappa shape index (κ3) is 4.42. The first-order valence-electron chi connectivity index (χ1n) is 7.42. The fourth-order valence-electron chi connectivity index (χ4n) is 2.14. The van der Waals surface area contributed by atoms with Crippen LogP contribution in [0.2, 0.25) is 0 Å². The molecule has 122 valence electrons. The van der Waals surface area contributed by atoms with E-state index < -0.39 is 0 Å². The number of carbonyl (C=O) groups is 1. The molecule has 3 aromatic rings. The van der Waals surface area contributed by atoms with Crippen molar-refractivity contribution < 1.29 is 18.4 Å². The first-order chi connectivity index (χ1) is 11.7. The Balaban J connectivity index is 1.56. The van der Waals surface area contributed by atoms with Crippen LogP contribution in [0.3, 0.4) is 0 Å². The van der Waals surface area contributed by atoms with Crippen molar-refractivity contribution in [2.24, 2.45) is 0 Å². The molecule has 1 aromatic heterocycles. The van der Waals surface area contributed by atoms with Gasteiger partial charge in [-0.15, -0.1) is 0 Å². The lowest BCUT2D eigenvalue weighted by molar-refractivity contribution is -0.116. The molecule has 0 atom stereocenters. The molecule has 0 aliphatic carbocycles. The second-order valence-electron chi connectivity index (χ2n) is 5.14. The number of amides is 1. The average Bonchev–Trinajstić information content (AvgIpc) is 3.08. The predicted octanol–water partition coefficient (Wildman–Crippen LogP) is 4.18. The number of aryl methyl sites for hydroxylation is 1. The topological polar surface area (TPSA) is 64.4 Å². The van der Waals surface area contributed by atoms with Crippen molar-refractivity contribution in [1.82, 2.24) is 5.16 Å². The largest absolute Gasteiger partial charge is 0.457 e. The standard InChI is InChI=1S/C18H15FN2O3/c19-14-5-7-15(8-6-14)24-16-3-1-2-13(12-16)4-9-18(22)20-17-10-11-23-21-17/h1-3,5-8,10-12H,4,9H2,(H,20,21,22). The zero-order valence-corrected chi connectivity index (χ0v) is 12.7. The number of aromatic nitrogens is 1. The lowest BCUT2D eigenvalue weighted by Crippen LogP contribution is -2.12. The molecular formula is C18H15FN2O3. The van der Waals surface area contributed by atoms with Crippen molar-refractivity contribution in [2.45, 2.75) is 12.8 Å². The molecule has 0 aliphatic heterocycles. The van der Waals surface area contributed by atoms with Crippen LogP contribution in [0.25, 0.3) is 0 Å². The molecular weight excluding hydrogens is 311 g/mol. The molecule has 0 fully saturated rings.